The topological polar surface area (TPSA) is 26.0 Å². The Labute approximate surface area is 75.0 Å². The lowest BCUT2D eigenvalue weighted by Crippen LogP contribution is -3.00. The van der Waals surface area contributed by atoms with Crippen LogP contribution in [0.1, 0.15) is 20.8 Å². The first-order valence-electron chi connectivity index (χ1n) is 3.33. The molecule has 0 aliphatic rings. The molecule has 0 heterocycles. The first-order chi connectivity index (χ1) is 3.68. The normalized spacial score (nSPS) is 10.7. The van der Waals surface area contributed by atoms with Crippen molar-refractivity contribution in [3.63, 3.8) is 0 Å². The van der Waals surface area contributed by atoms with Gasteiger partial charge in [0.2, 0.25) is 0 Å². The highest BCUT2D eigenvalue weighted by Crippen LogP contribution is 1.92. The van der Waals surface area contributed by atoms with E-state index in [0.29, 0.717) is 4.59 Å². The zero-order valence-electron chi connectivity index (χ0n) is 6.52. The van der Waals surface area contributed by atoms with E-state index in [1.165, 1.54) is 0 Å². The van der Waals surface area contributed by atoms with Gasteiger partial charge in [0.1, 0.15) is 0 Å². The van der Waals surface area contributed by atoms with Crippen LogP contribution in [0.25, 0.3) is 0 Å². The molecule has 0 rings (SSSR count). The SMILES string of the molecule is CC[N+](N)(CC)CC.[I-]. The molecule has 0 bridgehead atoms. The molecule has 0 saturated heterocycles. The third kappa shape index (κ3) is 4.11. The minimum atomic E-state index is 0. The molecule has 0 aliphatic heterocycles. The van der Waals surface area contributed by atoms with Crippen LogP contribution in [-0.4, -0.2) is 24.2 Å². The van der Waals surface area contributed by atoms with Crippen LogP contribution >= 0.6 is 0 Å². The van der Waals surface area contributed by atoms with Gasteiger partial charge in [0.05, 0.1) is 19.6 Å². The maximum absolute atomic E-state index is 5.83. The lowest BCUT2D eigenvalue weighted by atomic mass is 10.5. The third-order valence-corrected chi connectivity index (χ3v) is 1.89. The van der Waals surface area contributed by atoms with Gasteiger partial charge in [-0.2, -0.15) is 5.84 Å². The second kappa shape index (κ2) is 5.44. The fourth-order valence-corrected chi connectivity index (χ4v) is 0.671. The van der Waals surface area contributed by atoms with E-state index in [1.807, 2.05) is 0 Å². The summed E-state index contributed by atoms with van der Waals surface area (Å²) in [6.07, 6.45) is 0. The summed E-state index contributed by atoms with van der Waals surface area (Å²) < 4.78 is 0.708. The Morgan fingerprint density at radius 1 is 1.00 bits per heavy atom. The van der Waals surface area contributed by atoms with E-state index in [2.05, 4.69) is 20.8 Å². The molecule has 0 aromatic heterocycles. The molecule has 9 heavy (non-hydrogen) atoms. The molecule has 0 amide bonds. The summed E-state index contributed by atoms with van der Waals surface area (Å²) in [6, 6.07) is 0. The predicted molar refractivity (Wildman–Crippen MR) is 36.1 cm³/mol. The van der Waals surface area contributed by atoms with E-state index < -0.39 is 0 Å². The molecule has 0 fully saturated rings. The van der Waals surface area contributed by atoms with Crippen molar-refractivity contribution in [1.82, 2.24) is 0 Å². The molecule has 2 nitrogen and oxygen atoms in total. The number of quaternary nitrogens is 1. The van der Waals surface area contributed by atoms with E-state index in [-0.39, 0.29) is 24.0 Å². The van der Waals surface area contributed by atoms with Gasteiger partial charge in [-0.05, 0) is 20.8 Å². The first kappa shape index (κ1) is 12.3. The Morgan fingerprint density at radius 2 is 1.22 bits per heavy atom. The Hall–Kier alpha value is 0.650. The monoisotopic (exact) mass is 244 g/mol. The van der Waals surface area contributed by atoms with Gasteiger partial charge in [-0.1, -0.05) is 0 Å². The lowest BCUT2D eigenvalue weighted by Gasteiger charge is -2.28. The van der Waals surface area contributed by atoms with Crippen molar-refractivity contribution in [1.29, 1.82) is 0 Å². The van der Waals surface area contributed by atoms with Crippen LogP contribution in [0.2, 0.25) is 0 Å². The number of nitrogens with zero attached hydrogens (tertiary/aromatic N) is 1. The zero-order chi connectivity index (χ0) is 6.62. The summed E-state index contributed by atoms with van der Waals surface area (Å²) in [4.78, 5) is 0. The standard InChI is InChI=1S/C6H17N2.HI/c1-4-8(7,5-2)6-3;/h4-7H2,1-3H3;1H/q+1;/p-1. The van der Waals surface area contributed by atoms with Gasteiger partial charge < -0.3 is 24.0 Å². The molecule has 0 spiro atoms. The summed E-state index contributed by atoms with van der Waals surface area (Å²) in [5, 5.41) is 0. The van der Waals surface area contributed by atoms with Crippen LogP contribution in [0.4, 0.5) is 0 Å². The molecule has 0 aliphatic carbocycles. The molecule has 0 saturated carbocycles. The van der Waals surface area contributed by atoms with E-state index in [4.69, 9.17) is 5.84 Å². The number of nitrogens with two attached hydrogens (primary N) is 1. The largest absolute Gasteiger partial charge is 1.00 e. The highest BCUT2D eigenvalue weighted by molar-refractivity contribution is 4.22. The van der Waals surface area contributed by atoms with Crippen molar-refractivity contribution in [2.75, 3.05) is 19.6 Å². The number of halogens is 1. The summed E-state index contributed by atoms with van der Waals surface area (Å²) in [5.74, 6) is 5.83. The van der Waals surface area contributed by atoms with Gasteiger partial charge in [0.15, 0.2) is 0 Å². The van der Waals surface area contributed by atoms with Crippen LogP contribution < -0.4 is 29.8 Å². The average molecular weight is 244 g/mol. The lowest BCUT2D eigenvalue weighted by molar-refractivity contribution is -0.935. The number of hydrogen-bond acceptors (Lipinski definition) is 1. The van der Waals surface area contributed by atoms with Gasteiger partial charge in [-0.15, -0.1) is 0 Å². The van der Waals surface area contributed by atoms with E-state index in [9.17, 15) is 0 Å². The summed E-state index contributed by atoms with van der Waals surface area (Å²) >= 11 is 0. The average Bonchev–Trinajstić information content (AvgIpc) is 1.87. The molecular weight excluding hydrogens is 227 g/mol. The molecule has 0 aromatic carbocycles. The van der Waals surface area contributed by atoms with Crippen LogP contribution in [0.3, 0.4) is 0 Å². The van der Waals surface area contributed by atoms with E-state index in [1.54, 1.807) is 0 Å². The summed E-state index contributed by atoms with van der Waals surface area (Å²) in [7, 11) is 0. The molecule has 0 aromatic rings. The Kier molecular flexibility index (Phi) is 7.45. The Morgan fingerprint density at radius 3 is 1.22 bits per heavy atom. The van der Waals surface area contributed by atoms with Gasteiger partial charge in [-0.25, -0.2) is 4.59 Å². The van der Waals surface area contributed by atoms with Gasteiger partial charge in [-0.3, -0.25) is 0 Å². The quantitative estimate of drug-likeness (QED) is 0.258. The molecule has 0 atom stereocenters. The van der Waals surface area contributed by atoms with Gasteiger partial charge in [0.25, 0.3) is 0 Å². The fraction of sp³-hybridized carbons (Fsp3) is 1.00. The van der Waals surface area contributed by atoms with Crippen LogP contribution in [0.5, 0.6) is 0 Å². The second-order valence-corrected chi connectivity index (χ2v) is 2.17. The summed E-state index contributed by atoms with van der Waals surface area (Å²) in [5.41, 5.74) is 0. The van der Waals surface area contributed by atoms with Gasteiger partial charge in [0, 0.05) is 0 Å². The third-order valence-electron chi connectivity index (χ3n) is 1.89. The van der Waals surface area contributed by atoms with Crippen molar-refractivity contribution < 1.29 is 28.6 Å². The zero-order valence-corrected chi connectivity index (χ0v) is 8.68. The van der Waals surface area contributed by atoms with Crippen molar-refractivity contribution in [3.05, 3.63) is 0 Å². The van der Waals surface area contributed by atoms with E-state index >= 15 is 0 Å². The minimum Gasteiger partial charge on any atom is -1.00 e. The molecule has 0 unspecified atom stereocenters. The van der Waals surface area contributed by atoms with Crippen molar-refractivity contribution >= 4 is 0 Å². The highest BCUT2D eigenvalue weighted by atomic mass is 127. The molecule has 0 radical (unpaired) electrons. The van der Waals surface area contributed by atoms with Crippen LogP contribution in [-0.2, 0) is 0 Å². The van der Waals surface area contributed by atoms with E-state index in [0.717, 1.165) is 19.6 Å². The maximum atomic E-state index is 5.83. The number of hydrogen-bond donors (Lipinski definition) is 1. The fourth-order valence-electron chi connectivity index (χ4n) is 0.671. The first-order valence-corrected chi connectivity index (χ1v) is 3.33. The van der Waals surface area contributed by atoms with Crippen molar-refractivity contribution in [2.24, 2.45) is 5.84 Å². The smallest absolute Gasteiger partial charge is 0.0931 e. The predicted octanol–water partition coefficient (Wildman–Crippen LogP) is -2.26. The van der Waals surface area contributed by atoms with Crippen molar-refractivity contribution in [3.8, 4) is 0 Å². The molecular formula is C6H17IN2. The second-order valence-electron chi connectivity index (χ2n) is 2.17. The molecule has 3 heteroatoms. The Balaban J connectivity index is 0. The molecule has 58 valence electrons. The van der Waals surface area contributed by atoms with Gasteiger partial charge >= 0.3 is 0 Å². The van der Waals surface area contributed by atoms with Crippen molar-refractivity contribution in [2.45, 2.75) is 20.8 Å². The summed E-state index contributed by atoms with van der Waals surface area (Å²) in [6.45, 7) is 9.46. The molecule has 2 N–H and O–H groups in total. The number of rotatable bonds is 3. The Bertz CT molecular complexity index is 53.8. The maximum Gasteiger partial charge on any atom is 0.0931 e. The minimum absolute atomic E-state index is 0. The van der Waals surface area contributed by atoms with Crippen LogP contribution in [0.15, 0.2) is 0 Å². The van der Waals surface area contributed by atoms with Crippen LogP contribution in [0, 0.1) is 0 Å². The highest BCUT2D eigenvalue weighted by Gasteiger charge is 2.12.